The maximum Gasteiger partial charge on any atom is 0.294 e. The first-order valence-electron chi connectivity index (χ1n) is 9.80. The molecule has 0 bridgehead atoms. The zero-order valence-corrected chi connectivity index (χ0v) is 16.6. The average molecular weight is 433 g/mol. The molecule has 162 valence electrons. The Bertz CT molecular complexity index is 1120. The normalized spacial score (nSPS) is 16.3. The summed E-state index contributed by atoms with van der Waals surface area (Å²) in [5.41, 5.74) is 1.10. The second-order valence-electron chi connectivity index (χ2n) is 7.67. The minimum Gasteiger partial charge on any atom is -0.351 e. The van der Waals surface area contributed by atoms with Crippen molar-refractivity contribution in [2.75, 3.05) is 5.32 Å². The molecule has 0 radical (unpaired) electrons. The van der Waals surface area contributed by atoms with Gasteiger partial charge in [0.25, 0.3) is 5.91 Å². The number of hydrogen-bond donors (Lipinski definition) is 1. The van der Waals surface area contributed by atoms with Gasteiger partial charge in [-0.2, -0.15) is 0 Å². The number of halogens is 4. The number of rotatable bonds is 4. The Morgan fingerprint density at radius 3 is 2.58 bits per heavy atom. The number of pyridine rings is 1. The number of carbonyl (C=O) groups excluding carboxylic acids is 1. The molecule has 31 heavy (non-hydrogen) atoms. The molecule has 0 unspecified atom stereocenters. The second kappa shape index (κ2) is 8.13. The molecule has 1 fully saturated rings. The van der Waals surface area contributed by atoms with E-state index in [0.29, 0.717) is 11.3 Å². The van der Waals surface area contributed by atoms with Gasteiger partial charge < -0.3 is 9.84 Å². The van der Waals surface area contributed by atoms with E-state index in [4.69, 9.17) is 4.52 Å². The summed E-state index contributed by atoms with van der Waals surface area (Å²) in [5, 5.41) is 6.25. The number of aryl methyl sites for hydroxylation is 1. The van der Waals surface area contributed by atoms with Gasteiger partial charge >= 0.3 is 0 Å². The van der Waals surface area contributed by atoms with Gasteiger partial charge in [-0.25, -0.2) is 17.6 Å². The van der Waals surface area contributed by atoms with E-state index in [1.54, 1.807) is 6.92 Å². The van der Waals surface area contributed by atoms with Crippen LogP contribution in [0, 0.1) is 18.6 Å². The van der Waals surface area contributed by atoms with Crippen molar-refractivity contribution >= 4 is 11.6 Å². The molecule has 2 aromatic heterocycles. The Hall–Kier alpha value is -3.23. The summed E-state index contributed by atoms with van der Waals surface area (Å²) in [6, 6.07) is 4.43. The summed E-state index contributed by atoms with van der Waals surface area (Å²) in [6.07, 6.45) is 2.45. The van der Waals surface area contributed by atoms with E-state index >= 15 is 0 Å². The minimum atomic E-state index is -2.75. The van der Waals surface area contributed by atoms with Crippen LogP contribution in [0.1, 0.15) is 53.4 Å². The summed E-state index contributed by atoms with van der Waals surface area (Å²) < 4.78 is 60.8. The fourth-order valence-corrected chi connectivity index (χ4v) is 3.84. The van der Waals surface area contributed by atoms with E-state index in [9.17, 15) is 22.4 Å². The summed E-state index contributed by atoms with van der Waals surface area (Å²) in [4.78, 5) is 17.1. The van der Waals surface area contributed by atoms with Gasteiger partial charge in [-0.15, -0.1) is 0 Å². The fourth-order valence-electron chi connectivity index (χ4n) is 3.84. The van der Waals surface area contributed by atoms with Crippen molar-refractivity contribution < 1.29 is 26.9 Å². The minimum absolute atomic E-state index is 0.0457. The fraction of sp³-hybridized carbons (Fsp3) is 0.318. The van der Waals surface area contributed by atoms with Gasteiger partial charge in [0.2, 0.25) is 11.7 Å². The van der Waals surface area contributed by atoms with E-state index in [-0.39, 0.29) is 54.2 Å². The van der Waals surface area contributed by atoms with Gasteiger partial charge in [0.15, 0.2) is 0 Å². The van der Waals surface area contributed by atoms with Crippen LogP contribution in [0.5, 0.6) is 0 Å². The molecule has 3 aromatic rings. The topological polar surface area (TPSA) is 68.0 Å². The second-order valence-corrected chi connectivity index (χ2v) is 7.67. The first-order chi connectivity index (χ1) is 14.7. The molecular formula is C22H19F4N3O2. The highest BCUT2D eigenvalue weighted by atomic mass is 19.3. The van der Waals surface area contributed by atoms with Gasteiger partial charge in [0.1, 0.15) is 11.6 Å². The molecule has 2 heterocycles. The molecule has 4 rings (SSSR count). The van der Waals surface area contributed by atoms with Gasteiger partial charge in [-0.05, 0) is 44.0 Å². The standard InChI is InChI=1S/C22H19F4N3O2/c1-12-11-28-31-20(12)21(30)29-19-15(16-10-14(23)2-3-17(16)24)6-9-27-18(19)13-4-7-22(25,26)8-5-13/h2-3,6,9-11,13H,4-5,7-8H2,1H3,(H,29,30). The van der Waals surface area contributed by atoms with Gasteiger partial charge in [-0.1, -0.05) is 5.16 Å². The van der Waals surface area contributed by atoms with E-state index in [1.807, 2.05) is 0 Å². The number of aromatic nitrogens is 2. The summed E-state index contributed by atoms with van der Waals surface area (Å²) in [5.74, 6) is -5.17. The van der Waals surface area contributed by atoms with Crippen molar-refractivity contribution in [2.45, 2.75) is 44.4 Å². The molecule has 0 spiro atoms. The zero-order chi connectivity index (χ0) is 22.2. The van der Waals surface area contributed by atoms with Crippen molar-refractivity contribution in [3.8, 4) is 11.1 Å². The molecule has 0 atom stereocenters. The number of amides is 1. The highest BCUT2D eigenvalue weighted by Gasteiger charge is 2.37. The maximum absolute atomic E-state index is 14.6. The third-order valence-electron chi connectivity index (χ3n) is 5.50. The smallest absolute Gasteiger partial charge is 0.294 e. The van der Waals surface area contributed by atoms with Gasteiger partial charge in [0.05, 0.1) is 17.6 Å². The van der Waals surface area contributed by atoms with Crippen LogP contribution < -0.4 is 5.32 Å². The monoisotopic (exact) mass is 433 g/mol. The Labute approximate surface area is 175 Å². The molecule has 1 amide bonds. The van der Waals surface area contributed by atoms with Crippen LogP contribution in [0.3, 0.4) is 0 Å². The molecule has 1 saturated carbocycles. The van der Waals surface area contributed by atoms with Crippen LogP contribution in [0.25, 0.3) is 11.1 Å². The molecule has 1 aliphatic rings. The quantitative estimate of drug-likeness (QED) is 0.523. The molecule has 1 aromatic carbocycles. The summed E-state index contributed by atoms with van der Waals surface area (Å²) in [6.45, 7) is 1.63. The SMILES string of the molecule is Cc1cnoc1C(=O)Nc1c(-c2cc(F)ccc2F)ccnc1C1CCC(F)(F)CC1. The number of benzene rings is 1. The van der Waals surface area contributed by atoms with Crippen LogP contribution in [-0.2, 0) is 0 Å². The number of anilines is 1. The van der Waals surface area contributed by atoms with Crippen molar-refractivity contribution in [1.82, 2.24) is 10.1 Å². The zero-order valence-electron chi connectivity index (χ0n) is 16.6. The van der Waals surface area contributed by atoms with E-state index in [2.05, 4.69) is 15.5 Å². The van der Waals surface area contributed by atoms with Crippen LogP contribution in [0.2, 0.25) is 0 Å². The molecular weight excluding hydrogens is 414 g/mol. The molecule has 1 N–H and O–H groups in total. The highest BCUT2D eigenvalue weighted by Crippen LogP contribution is 2.44. The molecule has 9 heteroatoms. The van der Waals surface area contributed by atoms with Crippen molar-refractivity contribution in [2.24, 2.45) is 0 Å². The first kappa shape index (κ1) is 21.0. The Morgan fingerprint density at radius 1 is 1.16 bits per heavy atom. The predicted octanol–water partition coefficient (Wildman–Crippen LogP) is 5.87. The number of carbonyl (C=O) groups is 1. The van der Waals surface area contributed by atoms with Crippen LogP contribution in [0.15, 0.2) is 41.2 Å². The van der Waals surface area contributed by atoms with E-state index in [1.165, 1.54) is 18.5 Å². The lowest BCUT2D eigenvalue weighted by molar-refractivity contribution is -0.0384. The van der Waals surface area contributed by atoms with Crippen molar-refractivity contribution in [3.05, 3.63) is 65.3 Å². The largest absolute Gasteiger partial charge is 0.351 e. The number of hydrogen-bond acceptors (Lipinski definition) is 4. The Kier molecular flexibility index (Phi) is 5.51. The summed E-state index contributed by atoms with van der Waals surface area (Å²) in [7, 11) is 0. The van der Waals surface area contributed by atoms with E-state index in [0.717, 1.165) is 18.2 Å². The third kappa shape index (κ3) is 4.30. The van der Waals surface area contributed by atoms with E-state index < -0.39 is 23.5 Å². The Balaban J connectivity index is 1.81. The van der Waals surface area contributed by atoms with Crippen LogP contribution in [-0.4, -0.2) is 22.0 Å². The average Bonchev–Trinajstić information content (AvgIpc) is 3.16. The van der Waals surface area contributed by atoms with Crippen LogP contribution >= 0.6 is 0 Å². The van der Waals surface area contributed by atoms with Crippen molar-refractivity contribution in [3.63, 3.8) is 0 Å². The highest BCUT2D eigenvalue weighted by molar-refractivity contribution is 6.05. The molecule has 5 nitrogen and oxygen atoms in total. The number of nitrogens with one attached hydrogen (secondary N) is 1. The van der Waals surface area contributed by atoms with Gasteiger partial charge in [-0.3, -0.25) is 9.78 Å². The molecule has 0 aliphatic heterocycles. The first-order valence-corrected chi connectivity index (χ1v) is 9.80. The summed E-state index contributed by atoms with van der Waals surface area (Å²) >= 11 is 0. The lowest BCUT2D eigenvalue weighted by atomic mass is 9.83. The predicted molar refractivity (Wildman–Crippen MR) is 105 cm³/mol. The lowest BCUT2D eigenvalue weighted by Gasteiger charge is -2.29. The molecule has 1 aliphatic carbocycles. The third-order valence-corrected chi connectivity index (χ3v) is 5.50. The number of nitrogens with zero attached hydrogens (tertiary/aromatic N) is 2. The molecule has 0 saturated heterocycles. The lowest BCUT2D eigenvalue weighted by Crippen LogP contribution is -2.25. The number of alkyl halides is 2. The van der Waals surface area contributed by atoms with Crippen molar-refractivity contribution in [1.29, 1.82) is 0 Å². The van der Waals surface area contributed by atoms with Crippen LogP contribution in [0.4, 0.5) is 23.2 Å². The van der Waals surface area contributed by atoms with Gasteiger partial charge in [0, 0.05) is 41.6 Å². The Morgan fingerprint density at radius 2 is 1.90 bits per heavy atom. The maximum atomic E-state index is 14.6.